The van der Waals surface area contributed by atoms with Crippen LogP contribution in [-0.4, -0.2) is 52.5 Å². The molecule has 0 bridgehead atoms. The summed E-state index contributed by atoms with van der Waals surface area (Å²) in [4.78, 5) is 30.8. The second-order valence-electron chi connectivity index (χ2n) is 8.47. The molecule has 2 aliphatic rings. The van der Waals surface area contributed by atoms with Crippen molar-refractivity contribution in [1.82, 2.24) is 9.47 Å². The molecule has 0 aliphatic carbocycles. The lowest BCUT2D eigenvalue weighted by atomic mass is 10.0. The van der Waals surface area contributed by atoms with Crippen LogP contribution in [0.4, 0.5) is 5.82 Å². The van der Waals surface area contributed by atoms with E-state index in [9.17, 15) is 14.9 Å². The van der Waals surface area contributed by atoms with Gasteiger partial charge in [-0.3, -0.25) is 19.1 Å². The van der Waals surface area contributed by atoms with Gasteiger partial charge in [-0.15, -0.1) is 0 Å². The molecule has 2 aliphatic heterocycles. The minimum Gasteiger partial charge on any atom is -0.378 e. The highest BCUT2D eigenvalue weighted by atomic mass is 32.2. The number of morpholine rings is 1. The number of amides is 1. The van der Waals surface area contributed by atoms with E-state index in [1.807, 2.05) is 43.3 Å². The van der Waals surface area contributed by atoms with Crippen LogP contribution in [-0.2, 0) is 22.5 Å². The third kappa shape index (κ3) is 5.20. The van der Waals surface area contributed by atoms with E-state index in [-0.39, 0.29) is 17.0 Å². The number of benzene rings is 1. The largest absolute Gasteiger partial charge is 0.378 e. The number of pyridine rings is 1. The molecule has 0 spiro atoms. The summed E-state index contributed by atoms with van der Waals surface area (Å²) >= 11 is 6.81. The smallest absolute Gasteiger partial charge is 0.270 e. The van der Waals surface area contributed by atoms with Gasteiger partial charge in [-0.2, -0.15) is 5.26 Å². The number of nitrogens with zero attached hydrogens (tertiary/aromatic N) is 4. The van der Waals surface area contributed by atoms with Crippen LogP contribution in [0.1, 0.15) is 35.6 Å². The normalized spacial score (nSPS) is 17.3. The molecule has 0 N–H and O–H groups in total. The molecule has 2 fully saturated rings. The van der Waals surface area contributed by atoms with Crippen LogP contribution < -0.4 is 10.5 Å². The molecule has 35 heavy (non-hydrogen) atoms. The Hall–Kier alpha value is -2.93. The molecule has 0 unspecified atom stereocenters. The van der Waals surface area contributed by atoms with E-state index in [0.29, 0.717) is 60.6 Å². The molecule has 2 saturated heterocycles. The van der Waals surface area contributed by atoms with Crippen molar-refractivity contribution in [3.63, 3.8) is 0 Å². The van der Waals surface area contributed by atoms with Gasteiger partial charge >= 0.3 is 0 Å². The Morgan fingerprint density at radius 3 is 2.54 bits per heavy atom. The quantitative estimate of drug-likeness (QED) is 0.417. The van der Waals surface area contributed by atoms with Crippen molar-refractivity contribution in [3.8, 4) is 6.07 Å². The molecule has 3 heterocycles. The molecule has 182 valence electrons. The number of thiocarbonyl (C=S) groups is 1. The predicted octanol–water partition coefficient (Wildman–Crippen LogP) is 3.72. The van der Waals surface area contributed by atoms with Crippen LogP contribution in [0.2, 0.25) is 0 Å². The van der Waals surface area contributed by atoms with Gasteiger partial charge in [0.2, 0.25) is 0 Å². The third-order valence-electron chi connectivity index (χ3n) is 6.22. The summed E-state index contributed by atoms with van der Waals surface area (Å²) in [6.45, 7) is 7.14. The fourth-order valence-corrected chi connectivity index (χ4v) is 5.69. The lowest BCUT2D eigenvalue weighted by molar-refractivity contribution is -0.122. The van der Waals surface area contributed by atoms with Gasteiger partial charge in [0.25, 0.3) is 11.5 Å². The SMILES string of the molecule is CCCn1c(N2CCOCC2)c(C=C2SC(=S)N(CCc3ccccc3)C2=O)c(C)c(C#N)c1=O. The number of aromatic nitrogens is 1. The van der Waals surface area contributed by atoms with Gasteiger partial charge in [0.15, 0.2) is 0 Å². The number of hydrogen-bond acceptors (Lipinski definition) is 7. The maximum absolute atomic E-state index is 13.4. The van der Waals surface area contributed by atoms with E-state index in [2.05, 4.69) is 11.0 Å². The average Bonchev–Trinajstić information content (AvgIpc) is 3.14. The van der Waals surface area contributed by atoms with Crippen molar-refractivity contribution >= 4 is 46.1 Å². The monoisotopic (exact) mass is 508 g/mol. The number of nitriles is 1. The van der Waals surface area contributed by atoms with Crippen molar-refractivity contribution in [2.45, 2.75) is 33.2 Å². The fraction of sp³-hybridized carbons (Fsp3) is 0.385. The summed E-state index contributed by atoms with van der Waals surface area (Å²) in [6.07, 6.45) is 3.26. The van der Waals surface area contributed by atoms with Crippen LogP contribution in [0.15, 0.2) is 40.0 Å². The van der Waals surface area contributed by atoms with Gasteiger partial charge in [-0.05, 0) is 37.0 Å². The third-order valence-corrected chi connectivity index (χ3v) is 7.60. The Kier molecular flexibility index (Phi) is 8.06. The van der Waals surface area contributed by atoms with Crippen LogP contribution in [0.25, 0.3) is 6.08 Å². The van der Waals surface area contributed by atoms with Crippen molar-refractivity contribution in [1.29, 1.82) is 5.26 Å². The number of thioether (sulfide) groups is 1. The van der Waals surface area contributed by atoms with Gasteiger partial charge in [-0.1, -0.05) is 61.2 Å². The maximum Gasteiger partial charge on any atom is 0.270 e. The lowest BCUT2D eigenvalue weighted by Gasteiger charge is -2.33. The number of hydrogen-bond donors (Lipinski definition) is 0. The molecule has 1 amide bonds. The first-order valence-corrected chi connectivity index (χ1v) is 13.0. The second-order valence-corrected chi connectivity index (χ2v) is 10.2. The van der Waals surface area contributed by atoms with Gasteiger partial charge in [-0.25, -0.2) is 0 Å². The van der Waals surface area contributed by atoms with Crippen LogP contribution in [0.5, 0.6) is 0 Å². The zero-order valence-electron chi connectivity index (χ0n) is 20.0. The van der Waals surface area contributed by atoms with Gasteiger partial charge in [0.05, 0.1) is 18.1 Å². The number of carbonyl (C=O) groups is 1. The summed E-state index contributed by atoms with van der Waals surface area (Å²) in [5.41, 5.74) is 2.27. The van der Waals surface area contributed by atoms with Gasteiger partial charge < -0.3 is 9.64 Å². The molecule has 1 aromatic carbocycles. The zero-order valence-corrected chi connectivity index (χ0v) is 21.6. The molecule has 1 aromatic heterocycles. The van der Waals surface area contributed by atoms with Crippen LogP contribution in [0, 0.1) is 18.3 Å². The lowest BCUT2D eigenvalue weighted by Crippen LogP contribution is -2.41. The van der Waals surface area contributed by atoms with E-state index >= 15 is 0 Å². The van der Waals surface area contributed by atoms with Crippen molar-refractivity contribution in [3.05, 3.63) is 67.8 Å². The fourth-order valence-electron chi connectivity index (χ4n) is 4.40. The molecule has 7 nitrogen and oxygen atoms in total. The Labute approximate surface area is 215 Å². The highest BCUT2D eigenvalue weighted by Gasteiger charge is 2.33. The first-order chi connectivity index (χ1) is 17.0. The molecule has 0 radical (unpaired) electrons. The molecule has 0 saturated carbocycles. The summed E-state index contributed by atoms with van der Waals surface area (Å²) in [5.74, 6) is 0.598. The minimum absolute atomic E-state index is 0.112. The molecule has 4 rings (SSSR count). The number of rotatable bonds is 7. The van der Waals surface area contributed by atoms with Gasteiger partial charge in [0.1, 0.15) is 21.8 Å². The molecule has 2 aromatic rings. The van der Waals surface area contributed by atoms with E-state index < -0.39 is 0 Å². The van der Waals surface area contributed by atoms with Gasteiger partial charge in [0, 0.05) is 31.7 Å². The van der Waals surface area contributed by atoms with Crippen molar-refractivity contribution < 1.29 is 9.53 Å². The van der Waals surface area contributed by atoms with E-state index in [0.717, 1.165) is 23.4 Å². The Morgan fingerprint density at radius 2 is 1.89 bits per heavy atom. The molecule has 9 heteroatoms. The summed E-state index contributed by atoms with van der Waals surface area (Å²) < 4.78 is 7.73. The summed E-state index contributed by atoms with van der Waals surface area (Å²) in [7, 11) is 0. The highest BCUT2D eigenvalue weighted by Crippen LogP contribution is 2.36. The highest BCUT2D eigenvalue weighted by molar-refractivity contribution is 8.26. The number of carbonyl (C=O) groups excluding carboxylic acids is 1. The van der Waals surface area contributed by atoms with E-state index in [1.54, 1.807) is 16.4 Å². The van der Waals surface area contributed by atoms with E-state index in [1.165, 1.54) is 11.8 Å². The topological polar surface area (TPSA) is 78.6 Å². The van der Waals surface area contributed by atoms with Crippen LogP contribution in [0.3, 0.4) is 0 Å². The summed E-state index contributed by atoms with van der Waals surface area (Å²) in [6, 6.07) is 12.1. The molecular formula is C26H28N4O3S2. The zero-order chi connectivity index (χ0) is 24.9. The summed E-state index contributed by atoms with van der Waals surface area (Å²) in [5, 5.41) is 9.77. The Morgan fingerprint density at radius 1 is 1.17 bits per heavy atom. The first-order valence-electron chi connectivity index (χ1n) is 11.8. The standard InChI is InChI=1S/C26H28N4O3S2/c1-3-10-29-23(28-12-14-33-15-13-28)20(18(2)21(17-27)24(29)31)16-22-25(32)30(26(34)35-22)11-9-19-7-5-4-6-8-19/h4-8,16H,3,9-15H2,1-2H3. The minimum atomic E-state index is -0.291. The van der Waals surface area contributed by atoms with Crippen LogP contribution >= 0.6 is 24.0 Å². The number of ether oxygens (including phenoxy) is 1. The number of anilines is 1. The van der Waals surface area contributed by atoms with Crippen molar-refractivity contribution in [2.24, 2.45) is 0 Å². The molecular weight excluding hydrogens is 480 g/mol. The second kappa shape index (κ2) is 11.2. The predicted molar refractivity (Wildman–Crippen MR) is 144 cm³/mol. The maximum atomic E-state index is 13.4. The first kappa shape index (κ1) is 25.2. The Bertz CT molecular complexity index is 1260. The van der Waals surface area contributed by atoms with Crippen molar-refractivity contribution in [2.75, 3.05) is 37.7 Å². The van der Waals surface area contributed by atoms with E-state index in [4.69, 9.17) is 17.0 Å². The molecule has 0 atom stereocenters. The Balaban J connectivity index is 1.75. The average molecular weight is 509 g/mol.